The molecule has 0 fully saturated rings. The van der Waals surface area contributed by atoms with Crippen LogP contribution in [-0.2, 0) is 16.1 Å². The summed E-state index contributed by atoms with van der Waals surface area (Å²) >= 11 is 6.22. The number of anilines is 1. The van der Waals surface area contributed by atoms with Crippen LogP contribution in [0.1, 0.15) is 32.8 Å². The zero-order chi connectivity index (χ0) is 13.8. The van der Waals surface area contributed by atoms with E-state index in [0.29, 0.717) is 6.42 Å². The average molecular weight is 270 g/mol. The van der Waals surface area contributed by atoms with Crippen LogP contribution in [-0.4, -0.2) is 17.9 Å². The van der Waals surface area contributed by atoms with Crippen LogP contribution in [0.2, 0.25) is 0 Å². The minimum atomic E-state index is -0.948. The highest BCUT2D eigenvalue weighted by molar-refractivity contribution is 6.36. The number of hydrogen-bond donors (Lipinski definition) is 0. The van der Waals surface area contributed by atoms with Crippen LogP contribution in [0.3, 0.4) is 0 Å². The van der Waals surface area contributed by atoms with Crippen molar-refractivity contribution in [2.24, 2.45) is 0 Å². The standard InChI is InChI=1S/C14H20ClNO2/c1-5-11-9-7-8-10-12(11)16(18-4)13(17)14(3,15)6-2/h7-10H,5-6H2,1-4H3. The fraction of sp³-hybridized carbons (Fsp3) is 0.500. The molecule has 1 unspecified atom stereocenters. The van der Waals surface area contributed by atoms with E-state index < -0.39 is 4.87 Å². The van der Waals surface area contributed by atoms with Gasteiger partial charge >= 0.3 is 0 Å². The second-order valence-corrected chi connectivity index (χ2v) is 5.15. The Morgan fingerprint density at radius 3 is 2.50 bits per heavy atom. The third-order valence-electron chi connectivity index (χ3n) is 3.07. The number of carbonyl (C=O) groups excluding carboxylic acids is 1. The van der Waals surface area contributed by atoms with E-state index in [0.717, 1.165) is 17.7 Å². The largest absolute Gasteiger partial charge is 0.271 e. The van der Waals surface area contributed by atoms with Gasteiger partial charge in [0.1, 0.15) is 4.87 Å². The van der Waals surface area contributed by atoms with Gasteiger partial charge in [0.2, 0.25) is 0 Å². The van der Waals surface area contributed by atoms with Crippen molar-refractivity contribution in [3.05, 3.63) is 29.8 Å². The Balaban J connectivity index is 3.14. The van der Waals surface area contributed by atoms with Gasteiger partial charge < -0.3 is 0 Å². The first-order valence-electron chi connectivity index (χ1n) is 6.13. The SMILES string of the molecule is CCc1ccccc1N(OC)C(=O)C(C)(Cl)CC. The third kappa shape index (κ3) is 3.03. The normalized spacial score (nSPS) is 14.1. The monoisotopic (exact) mass is 269 g/mol. The van der Waals surface area contributed by atoms with Crippen LogP contribution in [0.5, 0.6) is 0 Å². The molecule has 3 nitrogen and oxygen atoms in total. The van der Waals surface area contributed by atoms with Crippen molar-refractivity contribution >= 4 is 23.2 Å². The summed E-state index contributed by atoms with van der Waals surface area (Å²) in [4.78, 5) is 16.6. The van der Waals surface area contributed by atoms with Crippen molar-refractivity contribution in [3.63, 3.8) is 0 Å². The first kappa shape index (κ1) is 15.0. The van der Waals surface area contributed by atoms with Gasteiger partial charge in [0.25, 0.3) is 5.91 Å². The van der Waals surface area contributed by atoms with Crippen LogP contribution >= 0.6 is 11.6 Å². The molecule has 1 amide bonds. The third-order valence-corrected chi connectivity index (χ3v) is 3.50. The summed E-state index contributed by atoms with van der Waals surface area (Å²) in [7, 11) is 1.48. The maximum atomic E-state index is 12.4. The van der Waals surface area contributed by atoms with E-state index in [9.17, 15) is 4.79 Å². The number of amides is 1. The number of alkyl halides is 1. The van der Waals surface area contributed by atoms with Crippen molar-refractivity contribution < 1.29 is 9.63 Å². The lowest BCUT2D eigenvalue weighted by atomic mass is 10.1. The lowest BCUT2D eigenvalue weighted by Crippen LogP contribution is -2.43. The second kappa shape index (κ2) is 6.21. The summed E-state index contributed by atoms with van der Waals surface area (Å²) in [6.45, 7) is 5.62. The predicted molar refractivity (Wildman–Crippen MR) is 74.9 cm³/mol. The summed E-state index contributed by atoms with van der Waals surface area (Å²) in [6.07, 6.45) is 1.37. The van der Waals surface area contributed by atoms with E-state index in [1.807, 2.05) is 38.1 Å². The number of benzene rings is 1. The fourth-order valence-corrected chi connectivity index (χ4v) is 1.74. The van der Waals surface area contributed by atoms with Crippen LogP contribution in [0.25, 0.3) is 0 Å². The second-order valence-electron chi connectivity index (χ2n) is 4.32. The Kier molecular flexibility index (Phi) is 5.17. The highest BCUT2D eigenvalue weighted by Crippen LogP contribution is 2.28. The predicted octanol–water partition coefficient (Wildman–Crippen LogP) is 3.55. The molecule has 1 aromatic carbocycles. The van der Waals surface area contributed by atoms with Gasteiger partial charge in [-0.1, -0.05) is 32.0 Å². The number of rotatable bonds is 5. The topological polar surface area (TPSA) is 29.5 Å². The number of hydrogen-bond acceptors (Lipinski definition) is 2. The van der Waals surface area contributed by atoms with Crippen LogP contribution in [0.15, 0.2) is 24.3 Å². The molecule has 0 aliphatic rings. The van der Waals surface area contributed by atoms with Gasteiger partial charge in [-0.3, -0.25) is 9.63 Å². The first-order chi connectivity index (χ1) is 8.47. The Hall–Kier alpha value is -1.06. The van der Waals surface area contributed by atoms with Crippen molar-refractivity contribution in [1.82, 2.24) is 0 Å². The van der Waals surface area contributed by atoms with Crippen molar-refractivity contribution in [2.45, 2.75) is 38.5 Å². The molecule has 0 aliphatic heterocycles. The Bertz CT molecular complexity index is 418. The zero-order valence-corrected chi connectivity index (χ0v) is 12.1. The number of hydroxylamine groups is 1. The van der Waals surface area contributed by atoms with E-state index in [4.69, 9.17) is 16.4 Å². The molecule has 100 valence electrons. The van der Waals surface area contributed by atoms with Gasteiger partial charge in [-0.15, -0.1) is 11.6 Å². The Labute approximate surface area is 114 Å². The molecule has 0 heterocycles. The summed E-state index contributed by atoms with van der Waals surface area (Å²) in [6, 6.07) is 7.67. The summed E-state index contributed by atoms with van der Waals surface area (Å²) < 4.78 is 0. The summed E-state index contributed by atoms with van der Waals surface area (Å²) in [5.74, 6) is -0.241. The van der Waals surface area contributed by atoms with Gasteiger partial charge in [0.05, 0.1) is 12.8 Å². The maximum Gasteiger partial charge on any atom is 0.271 e. The minimum absolute atomic E-state index is 0.241. The molecule has 0 aliphatic carbocycles. The van der Waals surface area contributed by atoms with Gasteiger partial charge in [0, 0.05) is 0 Å². The van der Waals surface area contributed by atoms with Crippen LogP contribution in [0, 0.1) is 0 Å². The Morgan fingerprint density at radius 1 is 1.39 bits per heavy atom. The van der Waals surface area contributed by atoms with Crippen molar-refractivity contribution in [3.8, 4) is 0 Å². The van der Waals surface area contributed by atoms with Crippen LogP contribution in [0.4, 0.5) is 5.69 Å². The molecule has 1 rings (SSSR count). The summed E-state index contributed by atoms with van der Waals surface area (Å²) in [5.41, 5.74) is 1.81. The molecule has 0 radical (unpaired) electrons. The number of halogens is 1. The van der Waals surface area contributed by atoms with Gasteiger partial charge in [-0.05, 0) is 31.4 Å². The smallest absolute Gasteiger partial charge is 0.270 e. The van der Waals surface area contributed by atoms with Crippen molar-refractivity contribution in [1.29, 1.82) is 0 Å². The molecule has 0 bridgehead atoms. The molecule has 1 aromatic rings. The number of carbonyl (C=O) groups is 1. The average Bonchev–Trinajstić information content (AvgIpc) is 2.40. The van der Waals surface area contributed by atoms with Gasteiger partial charge in [-0.25, -0.2) is 0 Å². The van der Waals surface area contributed by atoms with Gasteiger partial charge in [-0.2, -0.15) is 5.06 Å². The zero-order valence-electron chi connectivity index (χ0n) is 11.4. The first-order valence-corrected chi connectivity index (χ1v) is 6.51. The van der Waals surface area contributed by atoms with E-state index in [-0.39, 0.29) is 5.91 Å². The molecule has 0 saturated heterocycles. The molecule has 4 heteroatoms. The highest BCUT2D eigenvalue weighted by atomic mass is 35.5. The molecule has 1 atom stereocenters. The lowest BCUT2D eigenvalue weighted by molar-refractivity contribution is -0.127. The highest BCUT2D eigenvalue weighted by Gasteiger charge is 2.34. The number of aryl methyl sites for hydroxylation is 1. The number of para-hydroxylation sites is 1. The molecular formula is C14H20ClNO2. The van der Waals surface area contributed by atoms with E-state index in [1.165, 1.54) is 12.2 Å². The van der Waals surface area contributed by atoms with E-state index >= 15 is 0 Å². The molecule has 0 spiro atoms. The molecule has 0 aromatic heterocycles. The van der Waals surface area contributed by atoms with Crippen molar-refractivity contribution in [2.75, 3.05) is 12.2 Å². The van der Waals surface area contributed by atoms with E-state index in [2.05, 4.69) is 0 Å². The lowest BCUT2D eigenvalue weighted by Gasteiger charge is -2.28. The quantitative estimate of drug-likeness (QED) is 0.604. The fourth-order valence-electron chi connectivity index (χ4n) is 1.66. The number of nitrogens with zero attached hydrogens (tertiary/aromatic N) is 1. The molecule has 18 heavy (non-hydrogen) atoms. The molecule has 0 N–H and O–H groups in total. The van der Waals surface area contributed by atoms with Crippen LogP contribution < -0.4 is 5.06 Å². The Morgan fingerprint density at radius 2 is 2.00 bits per heavy atom. The maximum absolute atomic E-state index is 12.4. The van der Waals surface area contributed by atoms with E-state index in [1.54, 1.807) is 6.92 Å². The summed E-state index contributed by atoms with van der Waals surface area (Å²) in [5, 5.41) is 1.29. The minimum Gasteiger partial charge on any atom is -0.270 e. The van der Waals surface area contributed by atoms with Gasteiger partial charge in [0.15, 0.2) is 0 Å². The molecular weight excluding hydrogens is 250 g/mol. The molecule has 0 saturated carbocycles.